The molecule has 2 aromatic carbocycles. The maximum atomic E-state index is 13.9. The number of likely N-dealkylation sites (N-methyl/N-ethyl adjacent to an activating group) is 1. The molecule has 194 valence electrons. The lowest BCUT2D eigenvalue weighted by atomic mass is 9.55. The summed E-state index contributed by atoms with van der Waals surface area (Å²) in [4.78, 5) is 40.6. The molecule has 0 aliphatic heterocycles. The van der Waals surface area contributed by atoms with Crippen molar-refractivity contribution >= 4 is 28.0 Å². The van der Waals surface area contributed by atoms with E-state index in [2.05, 4.69) is 71.7 Å². The zero-order chi connectivity index (χ0) is 26.8. The molecular weight excluding hydrogens is 474 g/mol. The minimum absolute atomic E-state index is 0.0128. The van der Waals surface area contributed by atoms with Crippen LogP contribution in [-0.2, 0) is 11.8 Å². The molecule has 5 aromatic rings. The van der Waals surface area contributed by atoms with Gasteiger partial charge in [-0.1, -0.05) is 27.7 Å². The van der Waals surface area contributed by atoms with E-state index in [4.69, 9.17) is 4.98 Å². The van der Waals surface area contributed by atoms with Crippen molar-refractivity contribution in [2.75, 3.05) is 6.54 Å². The zero-order valence-corrected chi connectivity index (χ0v) is 22.8. The van der Waals surface area contributed by atoms with Crippen molar-refractivity contribution in [3.63, 3.8) is 0 Å². The number of carbonyl (C=O) groups is 1. The number of aryl methyl sites for hydroxylation is 1. The summed E-state index contributed by atoms with van der Waals surface area (Å²) in [6.07, 6.45) is 5.93. The van der Waals surface area contributed by atoms with Crippen LogP contribution in [0.4, 0.5) is 0 Å². The van der Waals surface area contributed by atoms with Crippen LogP contribution in [0.25, 0.3) is 33.6 Å². The Bertz CT molecular complexity index is 1680. The molecule has 0 radical (unpaired) electrons. The van der Waals surface area contributed by atoms with Crippen LogP contribution >= 0.6 is 0 Å². The fourth-order valence-corrected chi connectivity index (χ4v) is 5.95. The number of hydrogen-bond donors (Lipinski definition) is 2. The number of rotatable bonds is 4. The summed E-state index contributed by atoms with van der Waals surface area (Å²) >= 11 is 0. The Morgan fingerprint density at radius 1 is 1.03 bits per heavy atom. The second kappa shape index (κ2) is 8.48. The summed E-state index contributed by atoms with van der Waals surface area (Å²) in [5, 5.41) is 0. The first-order chi connectivity index (χ1) is 18.1. The van der Waals surface area contributed by atoms with Gasteiger partial charge in [0.2, 0.25) is 0 Å². The summed E-state index contributed by atoms with van der Waals surface area (Å²) in [6.45, 7) is 13.8. The van der Waals surface area contributed by atoms with Gasteiger partial charge < -0.3 is 14.9 Å². The molecule has 8 heteroatoms. The molecular formula is C30H33N7O. The van der Waals surface area contributed by atoms with Crippen molar-refractivity contribution < 1.29 is 4.79 Å². The van der Waals surface area contributed by atoms with Crippen molar-refractivity contribution in [3.8, 4) is 11.5 Å². The van der Waals surface area contributed by atoms with Crippen LogP contribution in [0.2, 0.25) is 0 Å². The van der Waals surface area contributed by atoms with E-state index >= 15 is 0 Å². The summed E-state index contributed by atoms with van der Waals surface area (Å²) in [5.74, 6) is 0.755. The third-order valence-corrected chi connectivity index (χ3v) is 8.91. The van der Waals surface area contributed by atoms with Crippen molar-refractivity contribution in [2.24, 2.45) is 5.41 Å². The minimum atomic E-state index is -0.199. The number of imidazole rings is 2. The van der Waals surface area contributed by atoms with Crippen LogP contribution in [0.3, 0.4) is 0 Å². The molecule has 2 N–H and O–H groups in total. The van der Waals surface area contributed by atoms with Crippen LogP contribution < -0.4 is 0 Å². The first kappa shape index (κ1) is 24.3. The summed E-state index contributed by atoms with van der Waals surface area (Å²) < 4.78 is 0. The number of aromatic nitrogens is 6. The molecule has 0 saturated heterocycles. The number of fused-ring (bicyclic) bond motifs is 3. The van der Waals surface area contributed by atoms with E-state index in [0.717, 1.165) is 39.9 Å². The summed E-state index contributed by atoms with van der Waals surface area (Å²) in [7, 11) is 0. The zero-order valence-electron chi connectivity index (χ0n) is 22.8. The van der Waals surface area contributed by atoms with Gasteiger partial charge in [0.05, 0.1) is 40.3 Å². The highest BCUT2D eigenvalue weighted by atomic mass is 16.2. The van der Waals surface area contributed by atoms with E-state index in [1.54, 1.807) is 18.7 Å². The number of H-pyrrole nitrogens is 2. The fraction of sp³-hybridized carbons (Fsp3) is 0.367. The summed E-state index contributed by atoms with van der Waals surface area (Å²) in [6, 6.07) is 10.1. The van der Waals surface area contributed by atoms with Gasteiger partial charge >= 0.3 is 0 Å². The fourth-order valence-electron chi connectivity index (χ4n) is 5.95. The average molecular weight is 508 g/mol. The highest BCUT2D eigenvalue weighted by molar-refractivity contribution is 5.97. The molecule has 0 bridgehead atoms. The Kier molecular flexibility index (Phi) is 5.42. The maximum Gasteiger partial charge on any atom is 0.254 e. The number of aromatic amines is 2. The minimum Gasteiger partial charge on any atom is -0.345 e. The standard InChI is InChI=1S/C30H33N7O/c1-7-37(28(38)18-8-9-21-22(10-18)34-16-33-21)26-12-19-11-23-24(13-20(19)29(3,4)30(26,5)6)36-27(35-23)25-15-31-17(2)14-32-25/h8-11,13-16,26H,7,12H2,1-6H3,(H,33,34)(H,35,36)/t26-/m1/s1. The molecule has 6 rings (SSSR count). The Morgan fingerprint density at radius 3 is 2.58 bits per heavy atom. The number of nitrogens with one attached hydrogen (secondary N) is 2. The van der Waals surface area contributed by atoms with Gasteiger partial charge in [-0.05, 0) is 72.6 Å². The summed E-state index contributed by atoms with van der Waals surface area (Å²) in [5.41, 5.74) is 8.01. The third kappa shape index (κ3) is 3.61. The van der Waals surface area contributed by atoms with Gasteiger partial charge in [0.25, 0.3) is 5.91 Å². The van der Waals surface area contributed by atoms with Crippen molar-refractivity contribution in [1.82, 2.24) is 34.8 Å². The topological polar surface area (TPSA) is 103 Å². The first-order valence-corrected chi connectivity index (χ1v) is 13.2. The number of carbonyl (C=O) groups excluding carboxylic acids is 1. The molecule has 1 aliphatic rings. The van der Waals surface area contributed by atoms with Crippen molar-refractivity contribution in [3.05, 3.63) is 71.4 Å². The Hall–Kier alpha value is -4.07. The molecule has 0 unspecified atom stereocenters. The molecule has 1 amide bonds. The van der Waals surface area contributed by atoms with Crippen molar-refractivity contribution in [2.45, 2.75) is 59.4 Å². The van der Waals surface area contributed by atoms with Crippen LogP contribution in [-0.4, -0.2) is 53.3 Å². The Morgan fingerprint density at radius 2 is 1.84 bits per heavy atom. The Balaban J connectivity index is 1.41. The SMILES string of the molecule is CCN(C(=O)c1ccc2nc[nH]c2c1)[C@@H]1Cc2cc3nc(-c4cnc(C)cn4)[nH]c3cc2C(C)(C)C1(C)C. The normalized spacial score (nSPS) is 18.0. The van der Waals surface area contributed by atoms with Gasteiger partial charge in [-0.15, -0.1) is 0 Å². The molecule has 0 saturated carbocycles. The average Bonchev–Trinajstić information content (AvgIpc) is 3.53. The number of amides is 1. The molecule has 0 spiro atoms. The van der Waals surface area contributed by atoms with Gasteiger partial charge in [-0.25, -0.2) is 15.0 Å². The third-order valence-electron chi connectivity index (χ3n) is 8.91. The van der Waals surface area contributed by atoms with Crippen LogP contribution in [0, 0.1) is 12.3 Å². The smallest absolute Gasteiger partial charge is 0.254 e. The predicted molar refractivity (Wildman–Crippen MR) is 149 cm³/mol. The lowest BCUT2D eigenvalue weighted by molar-refractivity contribution is 0.0215. The second-order valence-electron chi connectivity index (χ2n) is 11.4. The first-order valence-electron chi connectivity index (χ1n) is 13.2. The molecule has 1 aliphatic carbocycles. The molecule has 38 heavy (non-hydrogen) atoms. The monoisotopic (exact) mass is 507 g/mol. The largest absolute Gasteiger partial charge is 0.345 e. The maximum absolute atomic E-state index is 13.9. The molecule has 1 atom stereocenters. The van der Waals surface area contributed by atoms with Gasteiger partial charge in [-0.3, -0.25) is 9.78 Å². The number of benzene rings is 2. The van der Waals surface area contributed by atoms with Crippen LogP contribution in [0.15, 0.2) is 49.1 Å². The van der Waals surface area contributed by atoms with E-state index in [-0.39, 0.29) is 22.8 Å². The highest BCUT2D eigenvalue weighted by Gasteiger charge is 2.51. The number of nitrogens with zero attached hydrogens (tertiary/aromatic N) is 5. The Labute approximate surface area is 222 Å². The lowest BCUT2D eigenvalue weighted by Crippen LogP contribution is -2.58. The second-order valence-corrected chi connectivity index (χ2v) is 11.4. The molecule has 0 fully saturated rings. The highest BCUT2D eigenvalue weighted by Crippen LogP contribution is 2.52. The van der Waals surface area contributed by atoms with Crippen LogP contribution in [0.5, 0.6) is 0 Å². The van der Waals surface area contributed by atoms with E-state index in [1.165, 1.54) is 11.1 Å². The van der Waals surface area contributed by atoms with Crippen LogP contribution in [0.1, 0.15) is 61.8 Å². The quantitative estimate of drug-likeness (QED) is 0.330. The molecule has 3 heterocycles. The number of hydrogen-bond acceptors (Lipinski definition) is 5. The molecule has 3 aromatic heterocycles. The van der Waals surface area contributed by atoms with Gasteiger partial charge in [0.15, 0.2) is 5.82 Å². The van der Waals surface area contributed by atoms with Crippen molar-refractivity contribution in [1.29, 1.82) is 0 Å². The predicted octanol–water partition coefficient (Wildman–Crippen LogP) is 5.60. The van der Waals surface area contributed by atoms with Gasteiger partial charge in [0.1, 0.15) is 5.69 Å². The van der Waals surface area contributed by atoms with Gasteiger partial charge in [-0.2, -0.15) is 0 Å². The molecule has 8 nitrogen and oxygen atoms in total. The van der Waals surface area contributed by atoms with E-state index in [9.17, 15) is 4.79 Å². The van der Waals surface area contributed by atoms with E-state index < -0.39 is 0 Å². The van der Waals surface area contributed by atoms with Gasteiger partial charge in [0, 0.05) is 24.3 Å². The lowest BCUT2D eigenvalue weighted by Gasteiger charge is -2.55. The van der Waals surface area contributed by atoms with E-state index in [1.807, 2.05) is 30.0 Å². The van der Waals surface area contributed by atoms with E-state index in [0.29, 0.717) is 17.9 Å².